The van der Waals surface area contributed by atoms with Gasteiger partial charge in [0.1, 0.15) is 0 Å². The topological polar surface area (TPSA) is 79.2 Å². The number of hydrogen-bond donors (Lipinski definition) is 1. The molecule has 0 saturated heterocycles. The van der Waals surface area contributed by atoms with E-state index in [-0.39, 0.29) is 11.9 Å². The van der Waals surface area contributed by atoms with Gasteiger partial charge in [0.25, 0.3) is 5.91 Å². The highest BCUT2D eigenvalue weighted by Crippen LogP contribution is 2.38. The van der Waals surface area contributed by atoms with Crippen molar-refractivity contribution in [1.82, 2.24) is 0 Å². The van der Waals surface area contributed by atoms with Crippen LogP contribution in [-0.2, 0) is 14.3 Å². The van der Waals surface area contributed by atoms with Crippen molar-refractivity contribution < 1.29 is 14.3 Å². The van der Waals surface area contributed by atoms with Gasteiger partial charge >= 0.3 is 5.97 Å². The zero-order valence-electron chi connectivity index (χ0n) is 11.4. The van der Waals surface area contributed by atoms with Gasteiger partial charge in [-0.3, -0.25) is 9.59 Å². The van der Waals surface area contributed by atoms with Gasteiger partial charge in [0.05, 0.1) is 17.6 Å². The highest BCUT2D eigenvalue weighted by atomic mass is 16.5. The van der Waals surface area contributed by atoms with Gasteiger partial charge in [0, 0.05) is 5.69 Å². The van der Waals surface area contributed by atoms with Gasteiger partial charge < -0.3 is 10.1 Å². The summed E-state index contributed by atoms with van der Waals surface area (Å²) in [5.74, 6) is -0.426. The van der Waals surface area contributed by atoms with Crippen LogP contribution in [0.3, 0.4) is 0 Å². The number of ether oxygens (including phenoxy) is 1. The van der Waals surface area contributed by atoms with E-state index in [1.165, 1.54) is 6.92 Å². The number of anilines is 1. The summed E-state index contributed by atoms with van der Waals surface area (Å²) < 4.78 is 5.12. The van der Waals surface area contributed by atoms with E-state index in [2.05, 4.69) is 5.32 Å². The molecule has 0 heterocycles. The van der Waals surface area contributed by atoms with Crippen LogP contribution in [0.1, 0.15) is 25.8 Å². The molecule has 5 nitrogen and oxygen atoms in total. The summed E-state index contributed by atoms with van der Waals surface area (Å²) >= 11 is 0. The normalized spacial score (nSPS) is 21.4. The lowest BCUT2D eigenvalue weighted by atomic mass is 10.2. The fourth-order valence-corrected chi connectivity index (χ4v) is 1.88. The Morgan fingerprint density at radius 1 is 1.50 bits per heavy atom. The first-order chi connectivity index (χ1) is 9.51. The van der Waals surface area contributed by atoms with E-state index >= 15 is 0 Å². The van der Waals surface area contributed by atoms with Gasteiger partial charge in [-0.25, -0.2) is 0 Å². The van der Waals surface area contributed by atoms with E-state index in [0.29, 0.717) is 17.2 Å². The number of nitriles is 1. The van der Waals surface area contributed by atoms with Crippen molar-refractivity contribution >= 4 is 17.6 Å². The monoisotopic (exact) mass is 272 g/mol. The van der Waals surface area contributed by atoms with Crippen LogP contribution in [-0.4, -0.2) is 18.0 Å². The molecule has 0 bridgehead atoms. The summed E-state index contributed by atoms with van der Waals surface area (Å²) in [7, 11) is 0. The Hall–Kier alpha value is -2.35. The SMILES string of the molecule is C[C@H](OC(=O)[C@H]1C[C@@H]1C)C(=O)Nc1cccc(C#N)c1. The largest absolute Gasteiger partial charge is 0.452 e. The summed E-state index contributed by atoms with van der Waals surface area (Å²) in [5.41, 5.74) is 0.969. The number of nitrogens with zero attached hydrogens (tertiary/aromatic N) is 1. The predicted molar refractivity (Wildman–Crippen MR) is 72.6 cm³/mol. The van der Waals surface area contributed by atoms with Crippen molar-refractivity contribution in [2.45, 2.75) is 26.4 Å². The van der Waals surface area contributed by atoms with E-state index in [1.807, 2.05) is 13.0 Å². The quantitative estimate of drug-likeness (QED) is 0.851. The lowest BCUT2D eigenvalue weighted by Gasteiger charge is -2.13. The molecule has 0 aromatic heterocycles. The smallest absolute Gasteiger partial charge is 0.309 e. The zero-order chi connectivity index (χ0) is 14.7. The van der Waals surface area contributed by atoms with E-state index in [0.717, 1.165) is 6.42 Å². The maximum atomic E-state index is 11.9. The van der Waals surface area contributed by atoms with Gasteiger partial charge in [-0.15, -0.1) is 0 Å². The minimum Gasteiger partial charge on any atom is -0.452 e. The molecule has 104 valence electrons. The minimum absolute atomic E-state index is 0.0628. The molecular weight excluding hydrogens is 256 g/mol. The average Bonchev–Trinajstić information content (AvgIpc) is 3.16. The van der Waals surface area contributed by atoms with Crippen molar-refractivity contribution in [1.29, 1.82) is 5.26 Å². The van der Waals surface area contributed by atoms with Gasteiger partial charge in [-0.2, -0.15) is 5.26 Å². The van der Waals surface area contributed by atoms with Crippen molar-refractivity contribution in [3.8, 4) is 6.07 Å². The van der Waals surface area contributed by atoms with Crippen LogP contribution in [0.5, 0.6) is 0 Å². The molecule has 3 atom stereocenters. The molecule has 1 aliphatic carbocycles. The Morgan fingerprint density at radius 2 is 2.20 bits per heavy atom. The molecule has 2 rings (SSSR count). The van der Waals surface area contributed by atoms with Gasteiger partial charge in [-0.1, -0.05) is 13.0 Å². The highest BCUT2D eigenvalue weighted by molar-refractivity contribution is 5.95. The van der Waals surface area contributed by atoms with Gasteiger partial charge in [0.2, 0.25) is 0 Å². The summed E-state index contributed by atoms with van der Waals surface area (Å²) in [5, 5.41) is 11.4. The Kier molecular flexibility index (Phi) is 4.04. The van der Waals surface area contributed by atoms with Crippen LogP contribution >= 0.6 is 0 Å². The number of carbonyl (C=O) groups excluding carboxylic acids is 2. The number of esters is 1. The number of amides is 1. The Labute approximate surface area is 117 Å². The lowest BCUT2D eigenvalue weighted by Crippen LogP contribution is -2.30. The van der Waals surface area contributed by atoms with Crippen LogP contribution in [0.15, 0.2) is 24.3 Å². The molecule has 0 unspecified atom stereocenters. The van der Waals surface area contributed by atoms with E-state index in [4.69, 9.17) is 10.00 Å². The van der Waals surface area contributed by atoms with Crippen molar-refractivity contribution in [2.24, 2.45) is 11.8 Å². The molecule has 0 aliphatic heterocycles. The molecule has 20 heavy (non-hydrogen) atoms. The molecule has 0 spiro atoms. The maximum absolute atomic E-state index is 11.9. The summed E-state index contributed by atoms with van der Waals surface area (Å²) in [6.45, 7) is 3.51. The molecule has 1 amide bonds. The minimum atomic E-state index is -0.846. The Balaban J connectivity index is 1.90. The molecule has 0 radical (unpaired) electrons. The number of benzene rings is 1. The highest BCUT2D eigenvalue weighted by Gasteiger charge is 2.41. The lowest BCUT2D eigenvalue weighted by molar-refractivity contribution is -0.154. The van der Waals surface area contributed by atoms with E-state index in [9.17, 15) is 9.59 Å². The van der Waals surface area contributed by atoms with E-state index < -0.39 is 12.0 Å². The van der Waals surface area contributed by atoms with Crippen LogP contribution < -0.4 is 5.32 Å². The Bertz CT molecular complexity index is 577. The fraction of sp³-hybridized carbons (Fsp3) is 0.400. The van der Waals surface area contributed by atoms with Crippen molar-refractivity contribution in [3.05, 3.63) is 29.8 Å². The van der Waals surface area contributed by atoms with Crippen molar-refractivity contribution in [2.75, 3.05) is 5.32 Å². The van der Waals surface area contributed by atoms with Crippen LogP contribution in [0.4, 0.5) is 5.69 Å². The molecule has 1 saturated carbocycles. The third-order valence-corrected chi connectivity index (χ3v) is 3.33. The third-order valence-electron chi connectivity index (χ3n) is 3.33. The standard InChI is InChI=1S/C15H16N2O3/c1-9-6-13(9)15(19)20-10(2)14(18)17-12-5-3-4-11(7-12)8-16/h3-5,7,9-10,13H,6H2,1-2H3,(H,17,18)/t9-,10-,13-/m0/s1. The number of nitrogens with one attached hydrogen (secondary N) is 1. The first-order valence-electron chi connectivity index (χ1n) is 6.52. The summed E-state index contributed by atoms with van der Waals surface area (Å²) in [4.78, 5) is 23.5. The number of carbonyl (C=O) groups is 2. The molecule has 1 fully saturated rings. The molecular formula is C15H16N2O3. The first-order valence-corrected chi connectivity index (χ1v) is 6.52. The van der Waals surface area contributed by atoms with E-state index in [1.54, 1.807) is 24.3 Å². The van der Waals surface area contributed by atoms with Gasteiger partial charge in [-0.05, 0) is 37.5 Å². The molecule has 1 aromatic carbocycles. The predicted octanol–water partition coefficient (Wildman–Crippen LogP) is 2.08. The van der Waals surface area contributed by atoms with Gasteiger partial charge in [0.15, 0.2) is 6.10 Å². The zero-order valence-corrected chi connectivity index (χ0v) is 11.4. The Morgan fingerprint density at radius 3 is 2.80 bits per heavy atom. The van der Waals surface area contributed by atoms with Crippen molar-refractivity contribution in [3.63, 3.8) is 0 Å². The number of hydrogen-bond acceptors (Lipinski definition) is 4. The summed E-state index contributed by atoms with van der Waals surface area (Å²) in [6, 6.07) is 8.56. The van der Waals surface area contributed by atoms with Crippen LogP contribution in [0, 0.1) is 23.2 Å². The van der Waals surface area contributed by atoms with Crippen LogP contribution in [0.2, 0.25) is 0 Å². The van der Waals surface area contributed by atoms with Crippen LogP contribution in [0.25, 0.3) is 0 Å². The fourth-order valence-electron chi connectivity index (χ4n) is 1.88. The summed E-state index contributed by atoms with van der Waals surface area (Å²) in [6.07, 6.45) is -0.0155. The third kappa shape index (κ3) is 3.35. The second-order valence-corrected chi connectivity index (χ2v) is 5.08. The molecule has 1 aromatic rings. The molecule has 5 heteroatoms. The molecule has 1 N–H and O–H groups in total. The maximum Gasteiger partial charge on any atom is 0.309 e. The second kappa shape index (κ2) is 5.74. The number of rotatable bonds is 4. The second-order valence-electron chi connectivity index (χ2n) is 5.08. The molecule has 1 aliphatic rings. The first kappa shape index (κ1) is 14.1. The average molecular weight is 272 g/mol.